The highest BCUT2D eigenvalue weighted by Crippen LogP contribution is 2.38. The highest BCUT2D eigenvalue weighted by atomic mass is 16.7. The third-order valence-electron chi connectivity index (χ3n) is 12.5. The normalized spacial score (nSPS) is 16.8. The van der Waals surface area contributed by atoms with E-state index in [1.807, 2.05) is 0 Å². The maximum Gasteiger partial charge on any atom is 0.410 e. The Morgan fingerprint density at radius 3 is 0.917 bits per heavy atom. The first-order valence-electron chi connectivity index (χ1n) is 27.7. The number of hydrogen-bond donors (Lipinski definition) is 5. The second-order valence-corrected chi connectivity index (χ2v) is 21.0. The summed E-state index contributed by atoms with van der Waals surface area (Å²) < 4.78 is 81.9. The van der Waals surface area contributed by atoms with Crippen molar-refractivity contribution < 1.29 is 143 Å². The van der Waals surface area contributed by atoms with Gasteiger partial charge in [-0.3, -0.25) is 4.90 Å². The van der Waals surface area contributed by atoms with E-state index in [0.717, 1.165) is 57.2 Å². The molecule has 0 aromatic heterocycles. The van der Waals surface area contributed by atoms with Crippen LogP contribution in [0.5, 0.6) is 0 Å². The van der Waals surface area contributed by atoms with Gasteiger partial charge >= 0.3 is 90.1 Å². The number of urea groups is 1. The average molecular weight is 1360 g/mol. The van der Waals surface area contributed by atoms with Crippen molar-refractivity contribution in [1.29, 1.82) is 0 Å². The molecule has 2 fully saturated rings. The number of carbonyl (C=O) groups is 15. The SMILES string of the molecule is C=CC(=O)OCC(C)(COC(=O)C=C)NC(=O)OCC1OC(OC(=O)NC(C)(COC(=O)C=C)COC(=O)C=C)C(N2C(=O)NC2(COC(=O)C=C)COC(=O)C=C)C(OC(=O)NC(C)(COC(=O)C=C)COC(=O)C=C)C1OC(=O)NC(C)(COC(=O)C=C)COC(=O)C=C. The molecular formula is C60H74N6O30. The lowest BCUT2D eigenvalue weighted by Gasteiger charge is -2.58. The van der Waals surface area contributed by atoms with E-state index in [9.17, 15) is 71.9 Å². The second kappa shape index (κ2) is 37.8. The van der Waals surface area contributed by atoms with Crippen LogP contribution >= 0.6 is 0 Å². The zero-order valence-corrected chi connectivity index (χ0v) is 52.7. The second-order valence-electron chi connectivity index (χ2n) is 21.0. The largest absolute Gasteiger partial charge is 0.460 e. The van der Waals surface area contributed by atoms with E-state index in [1.54, 1.807) is 0 Å². The molecule has 2 aliphatic heterocycles. The molecule has 5 atom stereocenters. The van der Waals surface area contributed by atoms with Crippen LogP contribution in [0.25, 0.3) is 0 Å². The highest BCUT2D eigenvalue weighted by molar-refractivity contribution is 5.87. The number of hydrogen-bond acceptors (Lipinski definition) is 30. The van der Waals surface area contributed by atoms with Gasteiger partial charge in [-0.25, -0.2) is 71.9 Å². The monoisotopic (exact) mass is 1360 g/mol. The highest BCUT2D eigenvalue weighted by Gasteiger charge is 2.65. The Morgan fingerprint density at radius 2 is 0.646 bits per heavy atom. The predicted octanol–water partition coefficient (Wildman–Crippen LogP) is 0.770. The van der Waals surface area contributed by atoms with Crippen molar-refractivity contribution in [1.82, 2.24) is 31.5 Å². The summed E-state index contributed by atoms with van der Waals surface area (Å²) in [6.07, 6.45) is -9.58. The third-order valence-corrected chi connectivity index (χ3v) is 12.5. The predicted molar refractivity (Wildman–Crippen MR) is 322 cm³/mol. The molecule has 0 aromatic carbocycles. The van der Waals surface area contributed by atoms with Crippen LogP contribution in [-0.4, -0.2) is 226 Å². The maximum absolute atomic E-state index is 15.0. The molecule has 5 N–H and O–H groups in total. The number of nitrogens with zero attached hydrogens (tertiary/aromatic N) is 1. The summed E-state index contributed by atoms with van der Waals surface area (Å²) in [6.45, 7) is 27.4. The molecule has 2 rings (SSSR count). The topological polar surface area (TPSA) is 458 Å². The number of rotatable bonds is 40. The Bertz CT molecular complexity index is 2940. The van der Waals surface area contributed by atoms with Gasteiger partial charge in [0, 0.05) is 60.8 Å². The van der Waals surface area contributed by atoms with Crippen LogP contribution in [0.15, 0.2) is 127 Å². The Hall–Kier alpha value is -11.6. The minimum absolute atomic E-state index is 0.537. The van der Waals surface area contributed by atoms with Gasteiger partial charge in [0.1, 0.15) is 107 Å². The van der Waals surface area contributed by atoms with Crippen LogP contribution in [0, 0.1) is 0 Å². The fraction of sp³-hybridized carbons (Fsp3) is 0.417. The summed E-state index contributed by atoms with van der Waals surface area (Å²) in [7, 11) is 0. The minimum Gasteiger partial charge on any atom is -0.460 e. The van der Waals surface area contributed by atoms with Crippen LogP contribution in [0.3, 0.4) is 0 Å². The van der Waals surface area contributed by atoms with Crippen molar-refractivity contribution in [2.45, 2.75) is 86.2 Å². The van der Waals surface area contributed by atoms with Crippen LogP contribution in [0.1, 0.15) is 27.7 Å². The lowest BCUT2D eigenvalue weighted by atomic mass is 9.90. The molecule has 0 spiro atoms. The van der Waals surface area contributed by atoms with Crippen molar-refractivity contribution in [2.75, 3.05) is 72.7 Å². The van der Waals surface area contributed by atoms with Gasteiger partial charge in [-0.15, -0.1) is 0 Å². The van der Waals surface area contributed by atoms with Crippen molar-refractivity contribution in [3.63, 3.8) is 0 Å². The summed E-state index contributed by atoms with van der Waals surface area (Å²) >= 11 is 0. The van der Waals surface area contributed by atoms with Crippen molar-refractivity contribution in [2.24, 2.45) is 0 Å². The van der Waals surface area contributed by atoms with Gasteiger partial charge < -0.3 is 97.6 Å². The van der Waals surface area contributed by atoms with Gasteiger partial charge in [0.05, 0.1) is 0 Å². The van der Waals surface area contributed by atoms with E-state index >= 15 is 0 Å². The number of nitrogens with one attached hydrogen (secondary N) is 5. The van der Waals surface area contributed by atoms with Gasteiger partial charge in [-0.1, -0.05) is 65.8 Å². The molecule has 36 nitrogen and oxygen atoms in total. The molecule has 0 aromatic rings. The standard InChI is InChI=1S/C60H74N6O30/c1-15-37(67)83-26-56(11,27-84-38(68)16-2)62-52(78)82-25-36-48(94-53(79)63-57(12,28-85-39(69)17-3)29-86-40(70)18-4)49(95-54(80)64-58(13,30-87-41(71)19-5)31-88-42(72)20-6)47(66-51(77)61-60(66,34-91-45(75)23-9)35-92-46(76)24-10)50(93-36)96-55(81)65-59(14,32-89-43(73)21-7)33-90-44(74)22-8/h15-24,36,47-50H,1-10,25-35H2,11-14H3,(H,61,77)(H,62,78)(H,63,79)(H,64,80)(H,65,81). The van der Waals surface area contributed by atoms with E-state index in [1.165, 1.54) is 6.92 Å². The molecule has 2 aliphatic rings. The molecule has 5 unspecified atom stereocenters. The Kier molecular flexibility index (Phi) is 31.7. The molecule has 524 valence electrons. The molecule has 0 radical (unpaired) electrons. The quantitative estimate of drug-likeness (QED) is 0.0321. The maximum atomic E-state index is 15.0. The van der Waals surface area contributed by atoms with E-state index in [0.29, 0.717) is 29.2 Å². The van der Waals surface area contributed by atoms with Gasteiger partial charge in [0.25, 0.3) is 0 Å². The lowest BCUT2D eigenvalue weighted by molar-refractivity contribution is -0.281. The Balaban J connectivity index is 3.37. The zero-order chi connectivity index (χ0) is 72.6. The summed E-state index contributed by atoms with van der Waals surface area (Å²) in [5.41, 5.74) is -10.6. The van der Waals surface area contributed by atoms with Gasteiger partial charge in [-0.05, 0) is 27.7 Å². The summed E-state index contributed by atoms with van der Waals surface area (Å²) in [6, 6.07) is -3.83. The molecule has 96 heavy (non-hydrogen) atoms. The number of ether oxygens (including phenoxy) is 15. The summed E-state index contributed by atoms with van der Waals surface area (Å²) in [5.74, 6) is -10.9. The van der Waals surface area contributed by atoms with Gasteiger partial charge in [0.2, 0.25) is 6.29 Å². The molecule has 0 aliphatic carbocycles. The van der Waals surface area contributed by atoms with Crippen molar-refractivity contribution >= 4 is 90.1 Å². The minimum atomic E-state index is -2.63. The summed E-state index contributed by atoms with van der Waals surface area (Å²) in [4.78, 5) is 198. The third kappa shape index (κ3) is 26.2. The van der Waals surface area contributed by atoms with Gasteiger partial charge in [-0.2, -0.15) is 0 Å². The molecular weight excluding hydrogens is 1280 g/mol. The number of alkyl carbamates (subject to hydrolysis) is 4. The molecule has 6 amide bonds. The number of amides is 6. The van der Waals surface area contributed by atoms with Crippen LogP contribution < -0.4 is 26.6 Å². The van der Waals surface area contributed by atoms with Crippen LogP contribution in [0.2, 0.25) is 0 Å². The summed E-state index contributed by atoms with van der Waals surface area (Å²) in [5, 5.41) is 11.6. The van der Waals surface area contributed by atoms with Crippen molar-refractivity contribution in [3.05, 3.63) is 127 Å². The first-order valence-corrected chi connectivity index (χ1v) is 27.7. The Labute approximate surface area is 548 Å². The number of esters is 10. The molecule has 0 bridgehead atoms. The first-order chi connectivity index (χ1) is 45.1. The lowest BCUT2D eigenvalue weighted by Crippen LogP contribution is -2.86. The number of carbonyl (C=O) groups excluding carboxylic acids is 15. The van der Waals surface area contributed by atoms with Gasteiger partial charge in [0.15, 0.2) is 17.9 Å². The molecule has 0 saturated carbocycles. The molecule has 2 saturated heterocycles. The van der Waals surface area contributed by atoms with E-state index in [4.69, 9.17) is 71.1 Å². The van der Waals surface area contributed by atoms with Crippen molar-refractivity contribution in [3.8, 4) is 0 Å². The molecule has 36 heteroatoms. The fourth-order valence-corrected chi connectivity index (χ4v) is 7.70. The van der Waals surface area contributed by atoms with Crippen LogP contribution in [-0.2, 0) is 119 Å². The van der Waals surface area contributed by atoms with E-state index < -0.39 is 221 Å². The first kappa shape index (κ1) is 80.5. The molecule has 2 heterocycles. The van der Waals surface area contributed by atoms with E-state index in [2.05, 4.69) is 92.4 Å². The fourth-order valence-electron chi connectivity index (χ4n) is 7.70. The smallest absolute Gasteiger partial charge is 0.410 e. The van der Waals surface area contributed by atoms with E-state index in [-0.39, 0.29) is 0 Å². The Morgan fingerprint density at radius 1 is 0.396 bits per heavy atom. The average Bonchev–Trinajstić information content (AvgIpc) is 0.719. The zero-order valence-electron chi connectivity index (χ0n) is 52.7. The van der Waals surface area contributed by atoms with Crippen LogP contribution in [0.4, 0.5) is 24.0 Å².